The van der Waals surface area contributed by atoms with Crippen molar-refractivity contribution in [2.45, 2.75) is 62.8 Å². The predicted molar refractivity (Wildman–Crippen MR) is 183 cm³/mol. The monoisotopic (exact) mass is 678 g/mol. The van der Waals surface area contributed by atoms with E-state index in [-0.39, 0.29) is 17.5 Å². The van der Waals surface area contributed by atoms with Crippen molar-refractivity contribution in [2.24, 2.45) is 0 Å². The summed E-state index contributed by atoms with van der Waals surface area (Å²) in [4.78, 5) is 34.6. The molecule has 0 spiro atoms. The highest BCUT2D eigenvalue weighted by molar-refractivity contribution is 5.83. The summed E-state index contributed by atoms with van der Waals surface area (Å²) in [6.07, 6.45) is 10.2. The minimum Gasteiger partial charge on any atom is -0.491 e. The van der Waals surface area contributed by atoms with Gasteiger partial charge in [0.15, 0.2) is 0 Å². The van der Waals surface area contributed by atoms with Gasteiger partial charge in [-0.3, -0.25) is 29.6 Å². The molecule has 4 aromatic heterocycles. The molecular weight excluding hydrogens is 636 g/mol. The fraction of sp³-hybridized carbons (Fsp3) is 0.500. The number of aromatic nitrogens is 5. The molecule has 10 rings (SSSR count). The smallest absolute Gasteiger partial charge is 0.407 e. The Kier molecular flexibility index (Phi) is 8.29. The number of piperidine rings is 2. The molecule has 4 atom stereocenters. The SMILES string of the molecule is COc1ccc(CN2C3CC2CN(CC(C)(C)c2cnc(-c4cc(OCCN5CC6CC(C5)N6C(=O)O)cn5ncc(C#N)c45)cn2)C3)cn1. The number of nitrogens with zero attached hydrogens (tertiary/aromatic N) is 10. The van der Waals surface area contributed by atoms with Crippen molar-refractivity contribution in [3.63, 3.8) is 0 Å². The van der Waals surface area contributed by atoms with Crippen molar-refractivity contribution < 1.29 is 19.4 Å². The number of fused-ring (bicyclic) bond motifs is 5. The molecule has 14 heteroatoms. The average molecular weight is 679 g/mol. The van der Waals surface area contributed by atoms with Crippen molar-refractivity contribution in [3.05, 3.63) is 66.0 Å². The number of carbonyl (C=O) groups is 1. The van der Waals surface area contributed by atoms with Gasteiger partial charge in [0.2, 0.25) is 5.88 Å². The second-order valence-corrected chi connectivity index (χ2v) is 14.7. The van der Waals surface area contributed by atoms with E-state index < -0.39 is 6.09 Å². The van der Waals surface area contributed by atoms with E-state index in [1.807, 2.05) is 24.5 Å². The molecule has 4 bridgehead atoms. The van der Waals surface area contributed by atoms with Crippen LogP contribution < -0.4 is 9.47 Å². The van der Waals surface area contributed by atoms with Gasteiger partial charge in [-0.15, -0.1) is 0 Å². The molecule has 1 amide bonds. The van der Waals surface area contributed by atoms with Crippen molar-refractivity contribution in [1.82, 2.24) is 44.2 Å². The Bertz CT molecular complexity index is 1900. The maximum absolute atomic E-state index is 11.4. The zero-order valence-corrected chi connectivity index (χ0v) is 28.6. The lowest BCUT2D eigenvalue weighted by atomic mass is 9.83. The van der Waals surface area contributed by atoms with Crippen molar-refractivity contribution in [3.8, 4) is 29.0 Å². The number of rotatable bonds is 11. The highest BCUT2D eigenvalue weighted by Crippen LogP contribution is 2.36. The molecule has 0 aromatic carbocycles. The van der Waals surface area contributed by atoms with Gasteiger partial charge < -0.3 is 14.6 Å². The molecule has 0 saturated carbocycles. The fourth-order valence-corrected chi connectivity index (χ4v) is 8.39. The van der Waals surface area contributed by atoms with Crippen molar-refractivity contribution >= 4 is 11.6 Å². The summed E-state index contributed by atoms with van der Waals surface area (Å²) in [5.41, 5.74) is 4.40. The first-order valence-electron chi connectivity index (χ1n) is 17.3. The lowest BCUT2D eigenvalue weighted by Crippen LogP contribution is -2.70. The van der Waals surface area contributed by atoms with Crippen LogP contribution in [0.25, 0.3) is 16.8 Å². The number of piperazine rings is 2. The molecule has 0 aliphatic carbocycles. The summed E-state index contributed by atoms with van der Waals surface area (Å²) < 4.78 is 13.1. The summed E-state index contributed by atoms with van der Waals surface area (Å²) in [5, 5.41) is 23.7. The van der Waals surface area contributed by atoms with E-state index in [9.17, 15) is 15.2 Å². The third-order valence-corrected chi connectivity index (χ3v) is 10.9. The Balaban J connectivity index is 0.916. The van der Waals surface area contributed by atoms with E-state index in [0.29, 0.717) is 53.6 Å². The normalized spacial score (nSPS) is 23.6. The summed E-state index contributed by atoms with van der Waals surface area (Å²) in [5.74, 6) is 1.25. The highest BCUT2D eigenvalue weighted by atomic mass is 16.5. The molecule has 6 fully saturated rings. The third-order valence-electron chi connectivity index (χ3n) is 10.9. The fourth-order valence-electron chi connectivity index (χ4n) is 8.39. The zero-order valence-electron chi connectivity index (χ0n) is 28.6. The highest BCUT2D eigenvalue weighted by Gasteiger charge is 2.47. The van der Waals surface area contributed by atoms with E-state index >= 15 is 0 Å². The van der Waals surface area contributed by atoms with E-state index in [4.69, 9.17) is 19.4 Å². The molecule has 1 N–H and O–H groups in total. The summed E-state index contributed by atoms with van der Waals surface area (Å²) in [6, 6.07) is 9.39. The van der Waals surface area contributed by atoms with Crippen LogP contribution in [0.1, 0.15) is 43.5 Å². The first-order valence-corrected chi connectivity index (χ1v) is 17.3. The van der Waals surface area contributed by atoms with Gasteiger partial charge in [0.1, 0.15) is 18.4 Å². The summed E-state index contributed by atoms with van der Waals surface area (Å²) in [6.45, 7) is 10.9. The number of hydrogen-bond donors (Lipinski definition) is 1. The van der Waals surface area contributed by atoms with Gasteiger partial charge in [0.25, 0.3) is 0 Å². The average Bonchev–Trinajstić information content (AvgIpc) is 3.53. The topological polar surface area (TPSA) is 148 Å². The molecule has 50 heavy (non-hydrogen) atoms. The van der Waals surface area contributed by atoms with Gasteiger partial charge in [0, 0.05) is 87.3 Å². The number of nitriles is 1. The molecule has 6 saturated heterocycles. The molecule has 14 nitrogen and oxygen atoms in total. The Morgan fingerprint density at radius 3 is 2.42 bits per heavy atom. The molecule has 10 heterocycles. The maximum atomic E-state index is 11.4. The number of ether oxygens (including phenoxy) is 2. The summed E-state index contributed by atoms with van der Waals surface area (Å²) >= 11 is 0. The van der Waals surface area contributed by atoms with Gasteiger partial charge in [-0.1, -0.05) is 19.9 Å². The summed E-state index contributed by atoms with van der Waals surface area (Å²) in [7, 11) is 1.64. The van der Waals surface area contributed by atoms with Crippen molar-refractivity contribution in [2.75, 3.05) is 53.0 Å². The van der Waals surface area contributed by atoms with Gasteiger partial charge >= 0.3 is 6.09 Å². The number of methoxy groups -OCH3 is 1. The molecule has 0 radical (unpaired) electrons. The first kappa shape index (κ1) is 32.4. The molecule has 4 unspecified atom stereocenters. The quantitative estimate of drug-likeness (QED) is 0.249. The number of amides is 1. The Labute approximate surface area is 290 Å². The van der Waals surface area contributed by atoms with E-state index in [1.165, 1.54) is 12.0 Å². The second kappa shape index (κ2) is 12.8. The number of pyridine rings is 2. The van der Waals surface area contributed by atoms with Crippen LogP contribution in [0.4, 0.5) is 4.79 Å². The Morgan fingerprint density at radius 1 is 1.00 bits per heavy atom. The largest absolute Gasteiger partial charge is 0.491 e. The second-order valence-electron chi connectivity index (χ2n) is 14.7. The minimum absolute atomic E-state index is 0.0683. The van der Waals surface area contributed by atoms with Crippen LogP contribution in [0, 0.1) is 11.3 Å². The lowest BCUT2D eigenvalue weighted by molar-refractivity contribution is -0.0790. The standard InChI is InChI=1S/C36H42N10O4/c1-36(2,22-43-17-25-8-26(18-43)44(25)16-23-4-5-33(49-3)40-12-23)32-15-38-31(14-39-32)30-10-29(21-45-34(30)24(11-37)13-41-45)50-7-6-42-19-27-9-28(20-42)46(27)35(47)48/h4-5,10,12-15,21,25-28H,6-9,16-20,22H2,1-3H3,(H,47,48). The zero-order chi connectivity index (χ0) is 34.6. The number of hydrogen-bond acceptors (Lipinski definition) is 11. The first-order chi connectivity index (χ1) is 24.2. The Morgan fingerprint density at radius 2 is 1.76 bits per heavy atom. The van der Waals surface area contributed by atoms with Crippen LogP contribution in [0.3, 0.4) is 0 Å². The van der Waals surface area contributed by atoms with Crippen LogP contribution >= 0.6 is 0 Å². The third kappa shape index (κ3) is 5.99. The number of carboxylic acid groups (broad SMARTS) is 1. The van der Waals surface area contributed by atoms with E-state index in [2.05, 4.69) is 50.8 Å². The van der Waals surface area contributed by atoms with Crippen LogP contribution in [0.2, 0.25) is 0 Å². The van der Waals surface area contributed by atoms with E-state index in [0.717, 1.165) is 56.9 Å². The molecular formula is C36H42N10O4. The van der Waals surface area contributed by atoms with Crippen LogP contribution in [0.5, 0.6) is 11.6 Å². The van der Waals surface area contributed by atoms with Gasteiger partial charge in [-0.2, -0.15) is 10.4 Å². The lowest BCUT2D eigenvalue weighted by Gasteiger charge is -2.57. The van der Waals surface area contributed by atoms with Gasteiger partial charge in [-0.25, -0.2) is 14.3 Å². The molecule has 4 aromatic rings. The van der Waals surface area contributed by atoms with Gasteiger partial charge in [-0.05, 0) is 24.5 Å². The Hall–Kier alpha value is -4.84. The predicted octanol–water partition coefficient (Wildman–Crippen LogP) is 3.12. The van der Waals surface area contributed by atoms with Crippen molar-refractivity contribution in [1.29, 1.82) is 5.26 Å². The minimum atomic E-state index is -0.830. The van der Waals surface area contributed by atoms with Crippen LogP contribution in [-0.2, 0) is 12.0 Å². The van der Waals surface area contributed by atoms with Crippen LogP contribution in [0.15, 0.2) is 49.2 Å². The molecule has 6 aliphatic rings. The maximum Gasteiger partial charge on any atom is 0.407 e. The van der Waals surface area contributed by atoms with Gasteiger partial charge in [0.05, 0.1) is 60.3 Å². The van der Waals surface area contributed by atoms with E-state index in [1.54, 1.807) is 35.1 Å². The van der Waals surface area contributed by atoms with Crippen LogP contribution in [-0.4, -0.2) is 133 Å². The molecule has 6 aliphatic heterocycles. The molecule has 260 valence electrons.